The number of H-pyrrole nitrogens is 1. The minimum atomic E-state index is -4.60. The first-order chi connectivity index (χ1) is 20.5. The van der Waals surface area contributed by atoms with Crippen molar-refractivity contribution in [2.75, 3.05) is 7.11 Å². The molecule has 0 aliphatic rings. The summed E-state index contributed by atoms with van der Waals surface area (Å²) in [6.07, 6.45) is -3.21. The zero-order chi connectivity index (χ0) is 30.7. The Morgan fingerprint density at radius 2 is 1.67 bits per heavy atom. The summed E-state index contributed by atoms with van der Waals surface area (Å²) in [7, 11) is 1.35. The third kappa shape index (κ3) is 6.28. The largest absolute Gasteiger partial charge is 0.493 e. The molecule has 218 valence electrons. The van der Waals surface area contributed by atoms with Gasteiger partial charge in [-0.1, -0.05) is 48.0 Å². The SMILES string of the molecule is COc1cc(C=NNC(=O)c2[nH]c3c(C)cc(C)cc3c2-c2ccccc2)ccc1OC(=O)c1cccc(C(F)(F)F)c1. The Balaban J connectivity index is 1.35. The molecule has 4 aromatic carbocycles. The number of hydrazone groups is 1. The van der Waals surface area contributed by atoms with Gasteiger partial charge in [0.15, 0.2) is 11.5 Å². The molecule has 0 unspecified atom stereocenters. The van der Waals surface area contributed by atoms with Crippen molar-refractivity contribution in [2.24, 2.45) is 5.10 Å². The van der Waals surface area contributed by atoms with Crippen LogP contribution in [0, 0.1) is 13.8 Å². The molecule has 0 atom stereocenters. The van der Waals surface area contributed by atoms with Gasteiger partial charge in [0.1, 0.15) is 5.69 Å². The topological polar surface area (TPSA) is 92.8 Å². The number of benzene rings is 4. The maximum atomic E-state index is 13.3. The number of alkyl halides is 3. The Morgan fingerprint density at radius 3 is 2.40 bits per heavy atom. The van der Waals surface area contributed by atoms with Crippen LogP contribution in [0.5, 0.6) is 11.5 Å². The molecule has 0 bridgehead atoms. The first kappa shape index (κ1) is 29.1. The highest BCUT2D eigenvalue weighted by atomic mass is 19.4. The second kappa shape index (κ2) is 11.8. The van der Waals surface area contributed by atoms with Crippen LogP contribution in [0.3, 0.4) is 0 Å². The number of rotatable bonds is 7. The fourth-order valence-electron chi connectivity index (χ4n) is 4.78. The zero-order valence-corrected chi connectivity index (χ0v) is 23.4. The normalized spacial score (nSPS) is 11.6. The molecular weight excluding hydrogens is 559 g/mol. The van der Waals surface area contributed by atoms with Gasteiger partial charge in [-0.2, -0.15) is 18.3 Å². The number of amides is 1. The van der Waals surface area contributed by atoms with E-state index in [1.54, 1.807) is 6.07 Å². The van der Waals surface area contributed by atoms with E-state index in [4.69, 9.17) is 9.47 Å². The summed E-state index contributed by atoms with van der Waals surface area (Å²) in [5, 5.41) is 5.02. The molecule has 0 saturated carbocycles. The van der Waals surface area contributed by atoms with Crippen LogP contribution in [-0.4, -0.2) is 30.2 Å². The summed E-state index contributed by atoms with van der Waals surface area (Å²) in [6.45, 7) is 3.98. The fourth-order valence-corrected chi connectivity index (χ4v) is 4.78. The van der Waals surface area contributed by atoms with Crippen LogP contribution in [0.1, 0.15) is 43.1 Å². The van der Waals surface area contributed by atoms with Crippen molar-refractivity contribution in [3.63, 3.8) is 0 Å². The lowest BCUT2D eigenvalue weighted by Gasteiger charge is -2.11. The van der Waals surface area contributed by atoms with Crippen molar-refractivity contribution in [2.45, 2.75) is 20.0 Å². The number of hydrogen-bond acceptors (Lipinski definition) is 5. The van der Waals surface area contributed by atoms with Gasteiger partial charge < -0.3 is 14.5 Å². The van der Waals surface area contributed by atoms with E-state index in [9.17, 15) is 22.8 Å². The molecule has 0 spiro atoms. The molecule has 0 fully saturated rings. The number of methoxy groups -OCH3 is 1. The molecular formula is C33H26F3N3O4. The Hall–Kier alpha value is -5.38. The van der Waals surface area contributed by atoms with Gasteiger partial charge in [-0.15, -0.1) is 0 Å². The molecule has 1 aromatic heterocycles. The van der Waals surface area contributed by atoms with Crippen molar-refractivity contribution < 1.29 is 32.2 Å². The Bertz CT molecular complexity index is 1860. The molecule has 0 radical (unpaired) electrons. The van der Waals surface area contributed by atoms with E-state index in [2.05, 4.69) is 15.5 Å². The van der Waals surface area contributed by atoms with Crippen LogP contribution >= 0.6 is 0 Å². The lowest BCUT2D eigenvalue weighted by atomic mass is 9.99. The first-order valence-corrected chi connectivity index (χ1v) is 13.1. The Kier molecular flexibility index (Phi) is 8.03. The maximum Gasteiger partial charge on any atom is 0.416 e. The molecule has 5 aromatic rings. The number of ether oxygens (including phenoxy) is 2. The Labute approximate surface area is 245 Å². The van der Waals surface area contributed by atoms with Crippen molar-refractivity contribution in [1.82, 2.24) is 10.4 Å². The first-order valence-electron chi connectivity index (χ1n) is 13.1. The van der Waals surface area contributed by atoms with Crippen LogP contribution in [0.2, 0.25) is 0 Å². The Morgan fingerprint density at radius 1 is 0.907 bits per heavy atom. The molecule has 0 saturated heterocycles. The number of carbonyl (C=O) groups excluding carboxylic acids is 2. The quantitative estimate of drug-likeness (QED) is 0.0898. The summed E-state index contributed by atoms with van der Waals surface area (Å²) < 4.78 is 49.7. The van der Waals surface area contributed by atoms with E-state index in [1.165, 1.54) is 31.5 Å². The van der Waals surface area contributed by atoms with Gasteiger partial charge in [0.05, 0.1) is 24.5 Å². The highest BCUT2D eigenvalue weighted by molar-refractivity contribution is 6.10. The van der Waals surface area contributed by atoms with Crippen LogP contribution in [0.4, 0.5) is 13.2 Å². The van der Waals surface area contributed by atoms with Crippen molar-refractivity contribution in [1.29, 1.82) is 0 Å². The summed E-state index contributed by atoms with van der Waals surface area (Å²) in [4.78, 5) is 29.1. The van der Waals surface area contributed by atoms with Crippen molar-refractivity contribution >= 4 is 29.0 Å². The predicted molar refractivity (Wildman–Crippen MR) is 158 cm³/mol. The van der Waals surface area contributed by atoms with E-state index in [0.29, 0.717) is 11.3 Å². The van der Waals surface area contributed by atoms with E-state index in [-0.39, 0.29) is 17.1 Å². The number of carbonyl (C=O) groups is 2. The van der Waals surface area contributed by atoms with Gasteiger partial charge >= 0.3 is 12.1 Å². The number of aromatic amines is 1. The van der Waals surface area contributed by atoms with E-state index in [1.807, 2.05) is 56.3 Å². The summed E-state index contributed by atoms with van der Waals surface area (Å²) in [6, 6.07) is 22.1. The zero-order valence-electron chi connectivity index (χ0n) is 23.4. The third-order valence-electron chi connectivity index (χ3n) is 6.73. The highest BCUT2D eigenvalue weighted by Crippen LogP contribution is 2.35. The molecule has 1 amide bonds. The van der Waals surface area contributed by atoms with Gasteiger partial charge in [-0.25, -0.2) is 10.2 Å². The fraction of sp³-hybridized carbons (Fsp3) is 0.121. The number of esters is 1. The van der Waals surface area contributed by atoms with Crippen LogP contribution in [0.25, 0.3) is 22.0 Å². The molecule has 1 heterocycles. The highest BCUT2D eigenvalue weighted by Gasteiger charge is 2.31. The molecule has 2 N–H and O–H groups in total. The molecule has 0 aliphatic carbocycles. The lowest BCUT2D eigenvalue weighted by Crippen LogP contribution is -2.18. The van der Waals surface area contributed by atoms with Crippen LogP contribution < -0.4 is 14.9 Å². The number of nitrogens with one attached hydrogen (secondary N) is 2. The van der Waals surface area contributed by atoms with E-state index < -0.39 is 23.6 Å². The average molecular weight is 586 g/mol. The summed E-state index contributed by atoms with van der Waals surface area (Å²) in [5.41, 5.74) is 6.79. The minimum absolute atomic E-state index is 0.00217. The molecule has 10 heteroatoms. The van der Waals surface area contributed by atoms with E-state index >= 15 is 0 Å². The average Bonchev–Trinajstić information content (AvgIpc) is 3.37. The minimum Gasteiger partial charge on any atom is -0.493 e. The second-order valence-electron chi connectivity index (χ2n) is 9.82. The number of halogens is 3. The predicted octanol–water partition coefficient (Wildman–Crippen LogP) is 7.46. The van der Waals surface area contributed by atoms with Gasteiger partial charge in [0.25, 0.3) is 5.91 Å². The standard InChI is InChI=1S/C33H26F3N3O4/c1-19-14-20(2)29-25(15-19)28(22-8-5-4-6-9-22)30(38-29)31(40)39-37-18-21-12-13-26(27(16-21)42-3)43-32(41)23-10-7-11-24(17-23)33(34,35)36/h4-18,38H,1-3H3,(H,39,40). The maximum absolute atomic E-state index is 13.3. The second-order valence-corrected chi connectivity index (χ2v) is 9.82. The smallest absolute Gasteiger partial charge is 0.416 e. The molecule has 5 rings (SSSR count). The number of hydrogen-bond donors (Lipinski definition) is 2. The molecule has 7 nitrogen and oxygen atoms in total. The van der Waals surface area contributed by atoms with Crippen molar-refractivity contribution in [3.05, 3.63) is 118 Å². The summed E-state index contributed by atoms with van der Waals surface area (Å²) >= 11 is 0. The van der Waals surface area contributed by atoms with Crippen LogP contribution in [-0.2, 0) is 6.18 Å². The van der Waals surface area contributed by atoms with Crippen LogP contribution in [0.15, 0.2) is 90.0 Å². The van der Waals surface area contributed by atoms with Gasteiger partial charge in [0.2, 0.25) is 0 Å². The molecule has 0 aliphatic heterocycles. The monoisotopic (exact) mass is 585 g/mol. The lowest BCUT2D eigenvalue weighted by molar-refractivity contribution is -0.137. The van der Waals surface area contributed by atoms with E-state index in [0.717, 1.165) is 51.4 Å². The number of aromatic nitrogens is 1. The molecule has 43 heavy (non-hydrogen) atoms. The van der Waals surface area contributed by atoms with Gasteiger partial charge in [0, 0.05) is 16.5 Å². The van der Waals surface area contributed by atoms with Gasteiger partial charge in [-0.3, -0.25) is 4.79 Å². The third-order valence-corrected chi connectivity index (χ3v) is 6.73. The summed E-state index contributed by atoms with van der Waals surface area (Å²) in [5.74, 6) is -1.27. The number of fused-ring (bicyclic) bond motifs is 1. The van der Waals surface area contributed by atoms with Crippen molar-refractivity contribution in [3.8, 4) is 22.6 Å². The number of nitrogens with zero attached hydrogens (tertiary/aromatic N) is 1. The van der Waals surface area contributed by atoms with Gasteiger partial charge in [-0.05, 0) is 73.0 Å². The number of aryl methyl sites for hydroxylation is 2.